The van der Waals surface area contributed by atoms with Gasteiger partial charge in [-0.25, -0.2) is 0 Å². The standard InChI is InChI=1S/C19H20N2O2/c1-14-5-4-6-17(13-14)20-18(22)15-7-9-16(10-8-15)19(23)21-11-2-3-12-21/h4-10,13H,2-3,11-12H2,1H3,(H,20,22). The molecule has 2 aromatic carbocycles. The van der Waals surface area contributed by atoms with Gasteiger partial charge in [0.05, 0.1) is 0 Å². The van der Waals surface area contributed by atoms with Crippen LogP contribution < -0.4 is 5.32 Å². The number of nitrogens with one attached hydrogen (secondary N) is 1. The van der Waals surface area contributed by atoms with Crippen molar-refractivity contribution in [2.45, 2.75) is 19.8 Å². The Morgan fingerprint density at radius 2 is 1.61 bits per heavy atom. The van der Waals surface area contributed by atoms with Gasteiger partial charge in [-0.3, -0.25) is 9.59 Å². The zero-order valence-corrected chi connectivity index (χ0v) is 13.2. The van der Waals surface area contributed by atoms with Gasteiger partial charge in [0.2, 0.25) is 0 Å². The van der Waals surface area contributed by atoms with E-state index in [9.17, 15) is 9.59 Å². The summed E-state index contributed by atoms with van der Waals surface area (Å²) in [6.07, 6.45) is 2.14. The summed E-state index contributed by atoms with van der Waals surface area (Å²) in [7, 11) is 0. The molecule has 0 aliphatic carbocycles. The van der Waals surface area contributed by atoms with E-state index in [0.717, 1.165) is 37.2 Å². The Morgan fingerprint density at radius 1 is 0.957 bits per heavy atom. The van der Waals surface area contributed by atoms with Gasteiger partial charge in [0.25, 0.3) is 11.8 Å². The Hall–Kier alpha value is -2.62. The molecule has 0 unspecified atom stereocenters. The highest BCUT2D eigenvalue weighted by molar-refractivity contribution is 6.05. The minimum Gasteiger partial charge on any atom is -0.339 e. The normalized spacial score (nSPS) is 13.9. The van der Waals surface area contributed by atoms with Gasteiger partial charge >= 0.3 is 0 Å². The lowest BCUT2D eigenvalue weighted by molar-refractivity contribution is 0.0792. The van der Waals surface area contributed by atoms with Crippen molar-refractivity contribution in [2.75, 3.05) is 18.4 Å². The van der Waals surface area contributed by atoms with Crippen LogP contribution >= 0.6 is 0 Å². The van der Waals surface area contributed by atoms with Crippen molar-refractivity contribution in [3.05, 3.63) is 65.2 Å². The average Bonchev–Trinajstić information content (AvgIpc) is 3.09. The smallest absolute Gasteiger partial charge is 0.255 e. The van der Waals surface area contributed by atoms with E-state index in [2.05, 4.69) is 5.32 Å². The van der Waals surface area contributed by atoms with Gasteiger partial charge in [-0.2, -0.15) is 0 Å². The molecule has 1 fully saturated rings. The summed E-state index contributed by atoms with van der Waals surface area (Å²) in [6.45, 7) is 3.64. The second kappa shape index (κ2) is 6.65. The number of amides is 2. The van der Waals surface area contributed by atoms with Crippen molar-refractivity contribution in [1.82, 2.24) is 4.90 Å². The van der Waals surface area contributed by atoms with Crippen LogP contribution in [0.3, 0.4) is 0 Å². The molecule has 4 nitrogen and oxygen atoms in total. The van der Waals surface area contributed by atoms with Crippen molar-refractivity contribution >= 4 is 17.5 Å². The van der Waals surface area contributed by atoms with Crippen LogP contribution in [0, 0.1) is 6.92 Å². The van der Waals surface area contributed by atoms with E-state index in [1.165, 1.54) is 0 Å². The van der Waals surface area contributed by atoms with Crippen molar-refractivity contribution in [2.24, 2.45) is 0 Å². The molecule has 2 aromatic rings. The Morgan fingerprint density at radius 3 is 2.26 bits per heavy atom. The monoisotopic (exact) mass is 308 g/mol. The molecular weight excluding hydrogens is 288 g/mol. The Labute approximate surface area is 136 Å². The maximum Gasteiger partial charge on any atom is 0.255 e. The number of likely N-dealkylation sites (tertiary alicyclic amines) is 1. The number of carbonyl (C=O) groups excluding carboxylic acids is 2. The van der Waals surface area contributed by atoms with Crippen LogP contribution in [0.15, 0.2) is 48.5 Å². The van der Waals surface area contributed by atoms with E-state index in [1.807, 2.05) is 36.1 Å². The first-order chi connectivity index (χ1) is 11.1. The van der Waals surface area contributed by atoms with Gasteiger partial charge in [-0.05, 0) is 61.7 Å². The van der Waals surface area contributed by atoms with Crippen LogP contribution in [-0.2, 0) is 0 Å². The molecule has 1 aliphatic heterocycles. The van der Waals surface area contributed by atoms with Crippen LogP contribution in [-0.4, -0.2) is 29.8 Å². The van der Waals surface area contributed by atoms with Crippen LogP contribution in [0.2, 0.25) is 0 Å². The summed E-state index contributed by atoms with van der Waals surface area (Å²) in [5.41, 5.74) is 3.05. The number of benzene rings is 2. The molecule has 1 saturated heterocycles. The maximum absolute atomic E-state index is 12.3. The summed E-state index contributed by atoms with van der Waals surface area (Å²) >= 11 is 0. The summed E-state index contributed by atoms with van der Waals surface area (Å²) in [5, 5.41) is 2.87. The average molecular weight is 308 g/mol. The highest BCUT2D eigenvalue weighted by atomic mass is 16.2. The van der Waals surface area contributed by atoms with Crippen LogP contribution in [0.1, 0.15) is 39.1 Å². The second-order valence-corrected chi connectivity index (χ2v) is 5.90. The maximum atomic E-state index is 12.3. The van der Waals surface area contributed by atoms with Crippen LogP contribution in [0.4, 0.5) is 5.69 Å². The fourth-order valence-corrected chi connectivity index (χ4v) is 2.79. The molecule has 0 saturated carbocycles. The third-order valence-electron chi connectivity index (χ3n) is 4.06. The molecule has 1 N–H and O–H groups in total. The van der Waals surface area contributed by atoms with Gasteiger partial charge in [0.15, 0.2) is 0 Å². The largest absolute Gasteiger partial charge is 0.339 e. The molecule has 4 heteroatoms. The Bertz CT molecular complexity index is 716. The summed E-state index contributed by atoms with van der Waals surface area (Å²) in [6, 6.07) is 14.5. The highest BCUT2D eigenvalue weighted by Gasteiger charge is 2.19. The third-order valence-corrected chi connectivity index (χ3v) is 4.06. The van der Waals surface area contributed by atoms with E-state index in [1.54, 1.807) is 24.3 Å². The number of rotatable bonds is 3. The third kappa shape index (κ3) is 3.59. The lowest BCUT2D eigenvalue weighted by atomic mass is 10.1. The zero-order chi connectivity index (χ0) is 16.2. The van der Waals surface area contributed by atoms with Gasteiger partial charge in [-0.15, -0.1) is 0 Å². The number of aryl methyl sites for hydroxylation is 1. The topological polar surface area (TPSA) is 49.4 Å². The molecule has 0 aromatic heterocycles. The zero-order valence-electron chi connectivity index (χ0n) is 13.2. The van der Waals surface area contributed by atoms with E-state index >= 15 is 0 Å². The minimum atomic E-state index is -0.171. The van der Waals surface area contributed by atoms with Crippen LogP contribution in [0.25, 0.3) is 0 Å². The number of hydrogen-bond donors (Lipinski definition) is 1. The molecule has 1 heterocycles. The molecule has 0 atom stereocenters. The van der Waals surface area contributed by atoms with Crippen molar-refractivity contribution in [3.63, 3.8) is 0 Å². The van der Waals surface area contributed by atoms with Crippen LogP contribution in [0.5, 0.6) is 0 Å². The predicted molar refractivity (Wildman–Crippen MR) is 90.7 cm³/mol. The van der Waals surface area contributed by atoms with E-state index in [-0.39, 0.29) is 11.8 Å². The van der Waals surface area contributed by atoms with Gasteiger partial charge in [-0.1, -0.05) is 12.1 Å². The van der Waals surface area contributed by atoms with Crippen molar-refractivity contribution < 1.29 is 9.59 Å². The molecule has 23 heavy (non-hydrogen) atoms. The number of hydrogen-bond acceptors (Lipinski definition) is 2. The van der Waals surface area contributed by atoms with Gasteiger partial charge in [0, 0.05) is 29.9 Å². The fraction of sp³-hybridized carbons (Fsp3) is 0.263. The Balaban J connectivity index is 1.69. The van der Waals surface area contributed by atoms with Gasteiger partial charge in [0.1, 0.15) is 0 Å². The first-order valence-electron chi connectivity index (χ1n) is 7.91. The van der Waals surface area contributed by atoms with E-state index in [4.69, 9.17) is 0 Å². The first kappa shape index (κ1) is 15.3. The SMILES string of the molecule is Cc1cccc(NC(=O)c2ccc(C(=O)N3CCCC3)cc2)c1. The van der Waals surface area contributed by atoms with Crippen molar-refractivity contribution in [3.8, 4) is 0 Å². The molecule has 2 amide bonds. The second-order valence-electron chi connectivity index (χ2n) is 5.90. The number of carbonyl (C=O) groups is 2. The lowest BCUT2D eigenvalue weighted by Gasteiger charge is -2.15. The fourth-order valence-electron chi connectivity index (χ4n) is 2.79. The first-order valence-corrected chi connectivity index (χ1v) is 7.91. The summed E-state index contributed by atoms with van der Waals surface area (Å²) < 4.78 is 0. The quantitative estimate of drug-likeness (QED) is 0.943. The Kier molecular flexibility index (Phi) is 4.42. The predicted octanol–water partition coefficient (Wildman–Crippen LogP) is 3.48. The summed E-state index contributed by atoms with van der Waals surface area (Å²) in [4.78, 5) is 26.4. The number of nitrogens with zero attached hydrogens (tertiary/aromatic N) is 1. The molecule has 0 spiro atoms. The van der Waals surface area contributed by atoms with Crippen molar-refractivity contribution in [1.29, 1.82) is 0 Å². The summed E-state index contributed by atoms with van der Waals surface area (Å²) in [5.74, 6) is -0.121. The highest BCUT2D eigenvalue weighted by Crippen LogP contribution is 2.15. The molecular formula is C19H20N2O2. The molecule has 1 aliphatic rings. The van der Waals surface area contributed by atoms with Gasteiger partial charge < -0.3 is 10.2 Å². The van der Waals surface area contributed by atoms with E-state index < -0.39 is 0 Å². The molecule has 3 rings (SSSR count). The molecule has 118 valence electrons. The molecule has 0 radical (unpaired) electrons. The molecule has 0 bridgehead atoms. The minimum absolute atomic E-state index is 0.0492. The number of anilines is 1. The lowest BCUT2D eigenvalue weighted by Crippen LogP contribution is -2.27. The van der Waals surface area contributed by atoms with E-state index in [0.29, 0.717) is 11.1 Å².